The summed E-state index contributed by atoms with van der Waals surface area (Å²) in [5.74, 6) is 1.40. The van der Waals surface area contributed by atoms with Crippen molar-refractivity contribution in [1.29, 1.82) is 0 Å². The first-order valence-corrected chi connectivity index (χ1v) is 7.08. The number of hydrogen-bond donors (Lipinski definition) is 1. The molecule has 104 valence electrons. The lowest BCUT2D eigenvalue weighted by Gasteiger charge is -2.35. The van der Waals surface area contributed by atoms with Crippen LogP contribution < -0.4 is 5.73 Å². The molecule has 0 bridgehead atoms. The smallest absolute Gasteiger partial charge is 0.227 e. The van der Waals surface area contributed by atoms with Crippen molar-refractivity contribution in [2.75, 3.05) is 18.8 Å². The Bertz CT molecular complexity index is 460. The van der Waals surface area contributed by atoms with E-state index in [1.165, 1.54) is 6.42 Å². The number of rotatable bonds is 2. The van der Waals surface area contributed by atoms with E-state index in [4.69, 9.17) is 5.73 Å². The molecule has 1 fully saturated rings. The normalized spacial score (nSPS) is 23.4. The van der Waals surface area contributed by atoms with E-state index < -0.39 is 0 Å². The average Bonchev–Trinajstić information content (AvgIpc) is 2.32. The first-order chi connectivity index (χ1) is 8.95. The van der Waals surface area contributed by atoms with Gasteiger partial charge in [-0.1, -0.05) is 31.5 Å². The molecule has 0 aromatic heterocycles. The highest BCUT2D eigenvalue weighted by Gasteiger charge is 2.25. The third-order valence-corrected chi connectivity index (χ3v) is 3.86. The molecule has 2 rings (SSSR count). The SMILES string of the molecule is Cc1ccc(N)c(CC(=O)N2CC(C)CC(C)C2)c1. The molecule has 1 aliphatic heterocycles. The van der Waals surface area contributed by atoms with Gasteiger partial charge in [0.25, 0.3) is 0 Å². The van der Waals surface area contributed by atoms with E-state index in [1.807, 2.05) is 30.0 Å². The zero-order chi connectivity index (χ0) is 14.0. The number of hydrogen-bond acceptors (Lipinski definition) is 2. The van der Waals surface area contributed by atoms with Gasteiger partial charge in [-0.15, -0.1) is 0 Å². The van der Waals surface area contributed by atoms with E-state index in [0.29, 0.717) is 18.3 Å². The molecule has 2 atom stereocenters. The molecule has 1 amide bonds. The van der Waals surface area contributed by atoms with Crippen LogP contribution in [0.5, 0.6) is 0 Å². The van der Waals surface area contributed by atoms with E-state index >= 15 is 0 Å². The Balaban J connectivity index is 2.06. The van der Waals surface area contributed by atoms with Gasteiger partial charge < -0.3 is 10.6 Å². The molecule has 0 spiro atoms. The van der Waals surface area contributed by atoms with Crippen LogP contribution in [0.3, 0.4) is 0 Å². The van der Waals surface area contributed by atoms with Crippen LogP contribution in [0.4, 0.5) is 5.69 Å². The Labute approximate surface area is 115 Å². The van der Waals surface area contributed by atoms with Crippen molar-refractivity contribution in [3.63, 3.8) is 0 Å². The van der Waals surface area contributed by atoms with Crippen LogP contribution in [0, 0.1) is 18.8 Å². The minimum absolute atomic E-state index is 0.204. The van der Waals surface area contributed by atoms with Gasteiger partial charge in [-0.3, -0.25) is 4.79 Å². The van der Waals surface area contributed by atoms with E-state index in [0.717, 1.165) is 29.9 Å². The van der Waals surface area contributed by atoms with Crippen LogP contribution in [0.25, 0.3) is 0 Å². The predicted molar refractivity (Wildman–Crippen MR) is 78.8 cm³/mol. The fourth-order valence-corrected chi connectivity index (χ4v) is 3.03. The number of anilines is 1. The zero-order valence-corrected chi connectivity index (χ0v) is 12.1. The summed E-state index contributed by atoms with van der Waals surface area (Å²) in [6.45, 7) is 8.23. The molecule has 2 N–H and O–H groups in total. The monoisotopic (exact) mass is 260 g/mol. The lowest BCUT2D eigenvalue weighted by molar-refractivity contribution is -0.133. The van der Waals surface area contributed by atoms with E-state index in [9.17, 15) is 4.79 Å². The second kappa shape index (κ2) is 5.64. The molecule has 1 saturated heterocycles. The number of piperidine rings is 1. The summed E-state index contributed by atoms with van der Waals surface area (Å²) < 4.78 is 0. The van der Waals surface area contributed by atoms with Gasteiger partial charge in [0.15, 0.2) is 0 Å². The molecule has 0 saturated carbocycles. The maximum Gasteiger partial charge on any atom is 0.227 e. The average molecular weight is 260 g/mol. The summed E-state index contributed by atoms with van der Waals surface area (Å²) in [4.78, 5) is 14.4. The Hall–Kier alpha value is -1.51. The fourth-order valence-electron chi connectivity index (χ4n) is 3.03. The fraction of sp³-hybridized carbons (Fsp3) is 0.562. The molecule has 19 heavy (non-hydrogen) atoms. The molecule has 1 aromatic carbocycles. The number of nitrogens with two attached hydrogens (primary N) is 1. The Morgan fingerprint density at radius 3 is 2.58 bits per heavy atom. The van der Waals surface area contributed by atoms with Crippen molar-refractivity contribution in [3.8, 4) is 0 Å². The zero-order valence-electron chi connectivity index (χ0n) is 12.1. The van der Waals surface area contributed by atoms with Gasteiger partial charge >= 0.3 is 0 Å². The second-order valence-corrected chi connectivity index (χ2v) is 6.12. The lowest BCUT2D eigenvalue weighted by Crippen LogP contribution is -2.43. The number of carbonyl (C=O) groups is 1. The molecule has 2 unspecified atom stereocenters. The number of likely N-dealkylation sites (tertiary alicyclic amines) is 1. The number of amides is 1. The van der Waals surface area contributed by atoms with Crippen molar-refractivity contribution in [3.05, 3.63) is 29.3 Å². The van der Waals surface area contributed by atoms with Crippen molar-refractivity contribution in [1.82, 2.24) is 4.90 Å². The molecular formula is C16H24N2O. The van der Waals surface area contributed by atoms with Crippen molar-refractivity contribution < 1.29 is 4.79 Å². The minimum atomic E-state index is 0.204. The number of nitrogens with zero attached hydrogens (tertiary/aromatic N) is 1. The highest BCUT2D eigenvalue weighted by Crippen LogP contribution is 2.22. The summed E-state index contributed by atoms with van der Waals surface area (Å²) in [6.07, 6.45) is 1.64. The molecule has 1 aliphatic rings. The summed E-state index contributed by atoms with van der Waals surface area (Å²) in [7, 11) is 0. The Morgan fingerprint density at radius 2 is 1.95 bits per heavy atom. The maximum atomic E-state index is 12.4. The molecular weight excluding hydrogens is 236 g/mol. The van der Waals surface area contributed by atoms with Gasteiger partial charge in [0, 0.05) is 18.8 Å². The molecule has 3 nitrogen and oxygen atoms in total. The van der Waals surface area contributed by atoms with Crippen LogP contribution in [0.15, 0.2) is 18.2 Å². The van der Waals surface area contributed by atoms with Gasteiger partial charge in [0.2, 0.25) is 5.91 Å². The van der Waals surface area contributed by atoms with Gasteiger partial charge in [-0.2, -0.15) is 0 Å². The number of nitrogen functional groups attached to an aromatic ring is 1. The minimum Gasteiger partial charge on any atom is -0.398 e. The van der Waals surface area contributed by atoms with Crippen molar-refractivity contribution in [2.45, 2.75) is 33.6 Å². The molecule has 1 heterocycles. The van der Waals surface area contributed by atoms with Crippen LogP contribution in [-0.4, -0.2) is 23.9 Å². The van der Waals surface area contributed by atoms with E-state index in [2.05, 4.69) is 13.8 Å². The Kier molecular flexibility index (Phi) is 4.13. The number of carbonyl (C=O) groups excluding carboxylic acids is 1. The van der Waals surface area contributed by atoms with Crippen molar-refractivity contribution in [2.24, 2.45) is 11.8 Å². The van der Waals surface area contributed by atoms with Crippen LogP contribution in [0.1, 0.15) is 31.4 Å². The maximum absolute atomic E-state index is 12.4. The number of aryl methyl sites for hydroxylation is 1. The van der Waals surface area contributed by atoms with Crippen LogP contribution in [-0.2, 0) is 11.2 Å². The largest absolute Gasteiger partial charge is 0.398 e. The van der Waals surface area contributed by atoms with E-state index in [-0.39, 0.29) is 5.91 Å². The first-order valence-electron chi connectivity index (χ1n) is 7.08. The lowest BCUT2D eigenvalue weighted by atomic mass is 9.91. The Morgan fingerprint density at radius 1 is 1.32 bits per heavy atom. The third kappa shape index (κ3) is 3.49. The van der Waals surface area contributed by atoms with Gasteiger partial charge in [0.05, 0.1) is 6.42 Å². The summed E-state index contributed by atoms with van der Waals surface area (Å²) in [6, 6.07) is 5.89. The van der Waals surface area contributed by atoms with Gasteiger partial charge in [-0.25, -0.2) is 0 Å². The van der Waals surface area contributed by atoms with Crippen LogP contribution >= 0.6 is 0 Å². The summed E-state index contributed by atoms with van der Waals surface area (Å²) in [5, 5.41) is 0. The standard InChI is InChI=1S/C16H24N2O/c1-11-4-5-15(17)14(7-11)8-16(19)18-9-12(2)6-13(3)10-18/h4-5,7,12-13H,6,8-10,17H2,1-3H3. The second-order valence-electron chi connectivity index (χ2n) is 6.12. The highest BCUT2D eigenvalue weighted by molar-refractivity contribution is 5.80. The molecule has 1 aromatic rings. The summed E-state index contributed by atoms with van der Waals surface area (Å²) >= 11 is 0. The first kappa shape index (κ1) is 13.9. The number of benzene rings is 1. The molecule has 0 radical (unpaired) electrons. The van der Waals surface area contributed by atoms with E-state index in [1.54, 1.807) is 0 Å². The van der Waals surface area contributed by atoms with Crippen molar-refractivity contribution >= 4 is 11.6 Å². The molecule has 0 aliphatic carbocycles. The van der Waals surface area contributed by atoms with Crippen LogP contribution in [0.2, 0.25) is 0 Å². The molecule has 3 heteroatoms. The highest BCUT2D eigenvalue weighted by atomic mass is 16.2. The third-order valence-electron chi connectivity index (χ3n) is 3.86. The van der Waals surface area contributed by atoms with Gasteiger partial charge in [-0.05, 0) is 36.8 Å². The topological polar surface area (TPSA) is 46.3 Å². The van der Waals surface area contributed by atoms with Gasteiger partial charge in [0.1, 0.15) is 0 Å². The quantitative estimate of drug-likeness (QED) is 0.831. The predicted octanol–water partition coefficient (Wildman–Crippen LogP) is 2.62. The summed E-state index contributed by atoms with van der Waals surface area (Å²) in [5.41, 5.74) is 8.78.